The first-order valence-corrected chi connectivity index (χ1v) is 8.25. The van der Waals surface area contributed by atoms with Gasteiger partial charge in [0.2, 0.25) is 0 Å². The summed E-state index contributed by atoms with van der Waals surface area (Å²) in [5, 5.41) is 20.6. The van der Waals surface area contributed by atoms with Gasteiger partial charge in [-0.1, -0.05) is 18.2 Å². The minimum absolute atomic E-state index is 0.268. The monoisotopic (exact) mass is 357 g/mol. The molecule has 0 aliphatic rings. The Morgan fingerprint density at radius 2 is 1.93 bits per heavy atom. The van der Waals surface area contributed by atoms with Crippen LogP contribution >= 0.6 is 0 Å². The molecule has 1 aromatic carbocycles. The molecule has 0 bridgehead atoms. The summed E-state index contributed by atoms with van der Waals surface area (Å²) in [6, 6.07) is 13.2. The zero-order valence-electron chi connectivity index (χ0n) is 14.7. The number of carbonyl (C=O) groups is 1. The summed E-state index contributed by atoms with van der Waals surface area (Å²) in [7, 11) is 0. The number of nitrogens with one attached hydrogen (secondary N) is 1. The normalized spacial score (nSPS) is 10.7. The summed E-state index contributed by atoms with van der Waals surface area (Å²) in [6.07, 6.45) is 2.89. The van der Waals surface area contributed by atoms with Gasteiger partial charge in [0.1, 0.15) is 17.2 Å². The molecular weight excluding hydrogens is 342 g/mol. The van der Waals surface area contributed by atoms with Crippen LogP contribution in [0.3, 0.4) is 0 Å². The Bertz CT molecular complexity index is 1200. The number of anilines is 1. The number of para-hydroxylation sites is 1. The predicted octanol–water partition coefficient (Wildman–Crippen LogP) is 2.66. The lowest BCUT2D eigenvalue weighted by molar-refractivity contribution is 0.102. The second-order valence-corrected chi connectivity index (χ2v) is 6.05. The Labute approximate surface area is 154 Å². The lowest BCUT2D eigenvalue weighted by Crippen LogP contribution is -2.16. The highest BCUT2D eigenvalue weighted by molar-refractivity contribution is 6.08. The Morgan fingerprint density at radius 1 is 1.15 bits per heavy atom. The number of fused-ring (bicyclic) bond motifs is 1. The van der Waals surface area contributed by atoms with Gasteiger partial charge in [0.05, 0.1) is 18.1 Å². The van der Waals surface area contributed by atoms with Crippen molar-refractivity contribution in [3.8, 4) is 11.8 Å². The van der Waals surface area contributed by atoms with Crippen LogP contribution < -0.4 is 5.32 Å². The molecule has 0 saturated carbocycles. The molecule has 4 aromatic rings. The predicted molar refractivity (Wildman–Crippen MR) is 98.7 cm³/mol. The molecule has 132 valence electrons. The van der Waals surface area contributed by atoms with E-state index in [9.17, 15) is 10.1 Å². The third kappa shape index (κ3) is 2.81. The van der Waals surface area contributed by atoms with Gasteiger partial charge in [-0.05, 0) is 32.0 Å². The molecule has 0 unspecified atom stereocenters. The molecule has 0 radical (unpaired) electrons. The van der Waals surface area contributed by atoms with Crippen molar-refractivity contribution in [2.75, 3.05) is 5.32 Å². The van der Waals surface area contributed by atoms with Crippen LogP contribution in [-0.2, 0) is 0 Å². The Balaban J connectivity index is 1.77. The molecule has 0 atom stereocenters. The van der Waals surface area contributed by atoms with Crippen LogP contribution in [0.25, 0.3) is 11.3 Å². The number of hydrogen-bond acceptors (Lipinski definition) is 5. The van der Waals surface area contributed by atoms with Crippen molar-refractivity contribution in [1.82, 2.24) is 24.4 Å². The number of rotatable bonds is 3. The zero-order chi connectivity index (χ0) is 19.0. The minimum Gasteiger partial charge on any atom is -0.305 e. The Morgan fingerprint density at radius 3 is 2.67 bits per heavy atom. The van der Waals surface area contributed by atoms with E-state index in [1.165, 1.54) is 17.1 Å². The molecule has 1 N–H and O–H groups in total. The van der Waals surface area contributed by atoms with Crippen molar-refractivity contribution in [3.63, 3.8) is 0 Å². The summed E-state index contributed by atoms with van der Waals surface area (Å²) in [5.41, 5.74) is 3.47. The summed E-state index contributed by atoms with van der Waals surface area (Å²) in [6.45, 7) is 3.76. The fraction of sp³-hybridized carbons (Fsp3) is 0.105. The number of amides is 1. The summed E-state index contributed by atoms with van der Waals surface area (Å²) < 4.78 is 3.13. The number of carbonyl (C=O) groups excluding carboxylic acids is 1. The number of benzene rings is 1. The fourth-order valence-corrected chi connectivity index (χ4v) is 2.92. The van der Waals surface area contributed by atoms with Gasteiger partial charge in [-0.15, -0.1) is 0 Å². The smallest absolute Gasteiger partial charge is 0.262 e. The van der Waals surface area contributed by atoms with E-state index in [0.29, 0.717) is 17.0 Å². The third-order valence-corrected chi connectivity index (χ3v) is 4.14. The van der Waals surface area contributed by atoms with Gasteiger partial charge in [-0.3, -0.25) is 4.79 Å². The molecule has 1 amide bonds. The largest absolute Gasteiger partial charge is 0.305 e. The van der Waals surface area contributed by atoms with E-state index < -0.39 is 5.91 Å². The van der Waals surface area contributed by atoms with Crippen molar-refractivity contribution in [2.24, 2.45) is 0 Å². The van der Waals surface area contributed by atoms with Gasteiger partial charge in [0, 0.05) is 11.4 Å². The van der Waals surface area contributed by atoms with Gasteiger partial charge in [-0.25, -0.2) is 14.2 Å². The van der Waals surface area contributed by atoms with Gasteiger partial charge in [-0.2, -0.15) is 15.5 Å². The van der Waals surface area contributed by atoms with E-state index in [4.69, 9.17) is 0 Å². The second kappa shape index (κ2) is 6.38. The topological polar surface area (TPSA) is 101 Å². The highest BCUT2D eigenvalue weighted by Gasteiger charge is 2.20. The van der Waals surface area contributed by atoms with E-state index in [-0.39, 0.29) is 5.56 Å². The van der Waals surface area contributed by atoms with Crippen LogP contribution in [-0.4, -0.2) is 30.3 Å². The van der Waals surface area contributed by atoms with Crippen LogP contribution in [0.1, 0.15) is 27.3 Å². The number of aryl methyl sites for hydroxylation is 2. The van der Waals surface area contributed by atoms with E-state index in [1.807, 2.05) is 50.2 Å². The van der Waals surface area contributed by atoms with Gasteiger partial charge < -0.3 is 5.32 Å². The molecule has 0 fully saturated rings. The van der Waals surface area contributed by atoms with Crippen LogP contribution in [0, 0.1) is 25.2 Å². The summed E-state index contributed by atoms with van der Waals surface area (Å²) >= 11 is 0. The third-order valence-electron chi connectivity index (χ3n) is 4.14. The molecule has 0 aliphatic carbocycles. The highest BCUT2D eigenvalue weighted by Crippen LogP contribution is 2.21. The quantitative estimate of drug-likeness (QED) is 0.607. The maximum atomic E-state index is 12.9. The number of nitriles is 1. The molecule has 0 saturated heterocycles. The fourth-order valence-electron chi connectivity index (χ4n) is 2.92. The van der Waals surface area contributed by atoms with Crippen LogP contribution in [0.15, 0.2) is 48.8 Å². The van der Waals surface area contributed by atoms with E-state index in [2.05, 4.69) is 26.6 Å². The van der Waals surface area contributed by atoms with Gasteiger partial charge >= 0.3 is 0 Å². The molecule has 8 nitrogen and oxygen atoms in total. The van der Waals surface area contributed by atoms with E-state index in [0.717, 1.165) is 17.1 Å². The lowest BCUT2D eigenvalue weighted by atomic mass is 10.2. The van der Waals surface area contributed by atoms with Crippen molar-refractivity contribution in [3.05, 3.63) is 71.3 Å². The molecular formula is C19H15N7O. The number of nitrogens with zero attached hydrogens (tertiary/aromatic N) is 6. The average Bonchev–Trinajstić information content (AvgIpc) is 3.26. The first-order valence-electron chi connectivity index (χ1n) is 8.25. The maximum Gasteiger partial charge on any atom is 0.262 e. The van der Waals surface area contributed by atoms with Gasteiger partial charge in [0.25, 0.3) is 5.91 Å². The van der Waals surface area contributed by atoms with Crippen molar-refractivity contribution in [1.29, 1.82) is 5.26 Å². The average molecular weight is 357 g/mol. The van der Waals surface area contributed by atoms with Crippen LogP contribution in [0.5, 0.6) is 0 Å². The van der Waals surface area contributed by atoms with Crippen molar-refractivity contribution >= 4 is 17.4 Å². The number of aromatic nitrogens is 5. The Hall–Kier alpha value is -3.99. The molecule has 0 spiro atoms. The minimum atomic E-state index is -0.406. The van der Waals surface area contributed by atoms with E-state index >= 15 is 0 Å². The Kier molecular flexibility index (Phi) is 3.90. The van der Waals surface area contributed by atoms with Crippen molar-refractivity contribution < 1.29 is 4.79 Å². The standard InChI is InChI=1S/C19H15N7O/c1-12-8-13(2)25-18(23-12)16(11-22-25)19(27)24-17-14(9-20)10-21-26(17)15-6-4-3-5-7-15/h3-8,10-11H,1-2H3,(H,24,27). The van der Waals surface area contributed by atoms with Gasteiger partial charge in [0.15, 0.2) is 11.5 Å². The van der Waals surface area contributed by atoms with Crippen molar-refractivity contribution in [2.45, 2.75) is 13.8 Å². The molecule has 3 heterocycles. The molecule has 27 heavy (non-hydrogen) atoms. The molecule has 0 aliphatic heterocycles. The molecule has 4 rings (SSSR count). The molecule has 8 heteroatoms. The van der Waals surface area contributed by atoms with Crippen LogP contribution in [0.2, 0.25) is 0 Å². The highest BCUT2D eigenvalue weighted by atomic mass is 16.1. The van der Waals surface area contributed by atoms with Crippen LogP contribution in [0.4, 0.5) is 5.82 Å². The number of hydrogen-bond donors (Lipinski definition) is 1. The lowest BCUT2D eigenvalue weighted by Gasteiger charge is -2.09. The summed E-state index contributed by atoms with van der Waals surface area (Å²) in [5.74, 6) is -0.103. The van der Waals surface area contributed by atoms with E-state index in [1.54, 1.807) is 4.52 Å². The zero-order valence-corrected chi connectivity index (χ0v) is 14.7. The maximum absolute atomic E-state index is 12.9. The second-order valence-electron chi connectivity index (χ2n) is 6.05. The SMILES string of the molecule is Cc1cc(C)n2ncc(C(=O)Nc3c(C#N)cnn3-c3ccccc3)c2n1. The first kappa shape index (κ1) is 16.5. The first-order chi connectivity index (χ1) is 13.1. The molecule has 3 aromatic heterocycles. The summed E-state index contributed by atoms with van der Waals surface area (Å²) in [4.78, 5) is 17.3.